The van der Waals surface area contributed by atoms with E-state index in [9.17, 15) is 9.18 Å². The minimum Gasteiger partial charge on any atom is -0.464 e. The maximum Gasteiger partial charge on any atom is 0.358 e. The largest absolute Gasteiger partial charge is 0.464 e. The van der Waals surface area contributed by atoms with Gasteiger partial charge in [0.25, 0.3) is 0 Å². The zero-order valence-electron chi connectivity index (χ0n) is 10.4. The quantitative estimate of drug-likeness (QED) is 0.795. The average molecular weight is 262 g/mol. The molecule has 2 rings (SSSR count). The summed E-state index contributed by atoms with van der Waals surface area (Å²) in [6.07, 6.45) is 2.58. The van der Waals surface area contributed by atoms with Crippen molar-refractivity contribution < 1.29 is 18.7 Å². The number of aromatic nitrogens is 2. The average Bonchev–Trinajstić information content (AvgIpc) is 2.42. The van der Waals surface area contributed by atoms with Gasteiger partial charge in [0.05, 0.1) is 19.5 Å². The molecule has 19 heavy (non-hydrogen) atoms. The number of rotatable bonds is 3. The summed E-state index contributed by atoms with van der Waals surface area (Å²) in [5, 5.41) is 0. The predicted molar refractivity (Wildman–Crippen MR) is 64.6 cm³/mol. The summed E-state index contributed by atoms with van der Waals surface area (Å²) in [5.41, 5.74) is 0.536. The summed E-state index contributed by atoms with van der Waals surface area (Å²) in [7, 11) is 1.24. The number of ether oxygens (including phenoxy) is 2. The smallest absolute Gasteiger partial charge is 0.358 e. The molecule has 98 valence electrons. The number of hydrogen-bond acceptors (Lipinski definition) is 5. The molecular formula is C13H11FN2O3. The minimum atomic E-state index is -0.618. The molecule has 1 aromatic carbocycles. The van der Waals surface area contributed by atoms with Gasteiger partial charge in [0.15, 0.2) is 5.69 Å². The molecule has 2 aromatic rings. The summed E-state index contributed by atoms with van der Waals surface area (Å²) in [6, 6.07) is 4.43. The van der Waals surface area contributed by atoms with Crippen molar-refractivity contribution in [3.63, 3.8) is 0 Å². The van der Waals surface area contributed by atoms with Gasteiger partial charge in [-0.15, -0.1) is 0 Å². The fraction of sp³-hybridized carbons (Fsp3) is 0.154. The fourth-order valence-electron chi connectivity index (χ4n) is 1.36. The lowest BCUT2D eigenvalue weighted by molar-refractivity contribution is 0.0592. The highest BCUT2D eigenvalue weighted by atomic mass is 19.1. The number of carbonyl (C=O) groups excluding carboxylic acids is 1. The molecule has 0 fully saturated rings. The highest BCUT2D eigenvalue weighted by Gasteiger charge is 2.10. The number of aryl methyl sites for hydroxylation is 1. The van der Waals surface area contributed by atoms with E-state index in [2.05, 4.69) is 14.7 Å². The number of methoxy groups -OCH3 is 1. The van der Waals surface area contributed by atoms with Crippen LogP contribution in [-0.2, 0) is 4.74 Å². The Balaban J connectivity index is 2.23. The second-order valence-electron chi connectivity index (χ2n) is 3.75. The molecule has 0 aliphatic heterocycles. The van der Waals surface area contributed by atoms with E-state index in [0.29, 0.717) is 5.56 Å². The van der Waals surface area contributed by atoms with Crippen LogP contribution in [0.1, 0.15) is 16.1 Å². The van der Waals surface area contributed by atoms with E-state index in [1.807, 2.05) is 0 Å². The number of hydrogen-bond donors (Lipinski definition) is 0. The molecule has 6 heteroatoms. The van der Waals surface area contributed by atoms with Gasteiger partial charge in [0.2, 0.25) is 5.88 Å². The van der Waals surface area contributed by atoms with E-state index in [1.54, 1.807) is 19.1 Å². The second-order valence-corrected chi connectivity index (χ2v) is 3.75. The molecule has 0 amide bonds. The van der Waals surface area contributed by atoms with Crippen molar-refractivity contribution >= 4 is 5.97 Å². The van der Waals surface area contributed by atoms with Crippen LogP contribution in [0.5, 0.6) is 11.6 Å². The van der Waals surface area contributed by atoms with Crippen molar-refractivity contribution in [1.82, 2.24) is 9.97 Å². The van der Waals surface area contributed by atoms with E-state index < -0.39 is 5.97 Å². The Hall–Kier alpha value is -2.50. The predicted octanol–water partition coefficient (Wildman–Crippen LogP) is 2.50. The SMILES string of the molecule is COC(=O)c1cncc(Oc2ccc(C)c(F)c2)n1. The number of nitrogens with zero attached hydrogens (tertiary/aromatic N) is 2. The monoisotopic (exact) mass is 262 g/mol. The fourth-order valence-corrected chi connectivity index (χ4v) is 1.36. The molecule has 0 N–H and O–H groups in total. The van der Waals surface area contributed by atoms with Crippen LogP contribution in [0.2, 0.25) is 0 Å². The minimum absolute atomic E-state index is 0.0209. The van der Waals surface area contributed by atoms with Crippen molar-refractivity contribution in [3.8, 4) is 11.6 Å². The third kappa shape index (κ3) is 3.04. The van der Waals surface area contributed by atoms with Crippen LogP contribution in [0.4, 0.5) is 4.39 Å². The third-order valence-corrected chi connectivity index (χ3v) is 2.37. The number of carbonyl (C=O) groups is 1. The van der Waals surface area contributed by atoms with Gasteiger partial charge in [-0.1, -0.05) is 6.07 Å². The topological polar surface area (TPSA) is 61.3 Å². The molecule has 0 aliphatic carbocycles. The van der Waals surface area contributed by atoms with Crippen molar-refractivity contribution in [2.45, 2.75) is 6.92 Å². The van der Waals surface area contributed by atoms with Gasteiger partial charge in [0, 0.05) is 6.07 Å². The Morgan fingerprint density at radius 3 is 2.79 bits per heavy atom. The first-order valence-electron chi connectivity index (χ1n) is 5.44. The zero-order chi connectivity index (χ0) is 13.8. The molecule has 0 bridgehead atoms. The van der Waals surface area contributed by atoms with Crippen molar-refractivity contribution in [3.05, 3.63) is 47.7 Å². The van der Waals surface area contributed by atoms with E-state index in [-0.39, 0.29) is 23.1 Å². The van der Waals surface area contributed by atoms with Crippen molar-refractivity contribution in [1.29, 1.82) is 0 Å². The molecule has 1 aromatic heterocycles. The van der Waals surface area contributed by atoms with E-state index in [4.69, 9.17) is 4.74 Å². The molecule has 5 nitrogen and oxygen atoms in total. The van der Waals surface area contributed by atoms with Gasteiger partial charge in [0.1, 0.15) is 11.6 Å². The molecule has 0 radical (unpaired) electrons. The number of halogens is 1. The van der Waals surface area contributed by atoms with Crippen LogP contribution >= 0.6 is 0 Å². The molecule has 0 atom stereocenters. The summed E-state index contributed by atoms with van der Waals surface area (Å²) >= 11 is 0. The Bertz CT molecular complexity index is 617. The van der Waals surface area contributed by atoms with Gasteiger partial charge in [-0.25, -0.2) is 14.2 Å². The van der Waals surface area contributed by atoms with Crippen LogP contribution in [-0.4, -0.2) is 23.0 Å². The summed E-state index contributed by atoms with van der Waals surface area (Å²) in [4.78, 5) is 19.0. The van der Waals surface area contributed by atoms with E-state index in [1.165, 1.54) is 25.6 Å². The maximum atomic E-state index is 13.4. The van der Waals surface area contributed by atoms with E-state index in [0.717, 1.165) is 0 Å². The van der Waals surface area contributed by atoms with Crippen LogP contribution in [0.15, 0.2) is 30.6 Å². The third-order valence-electron chi connectivity index (χ3n) is 2.37. The standard InChI is InChI=1S/C13H11FN2O3/c1-8-3-4-9(5-10(8)14)19-12-7-15-6-11(16-12)13(17)18-2/h3-7H,1-2H3. The Morgan fingerprint density at radius 2 is 2.11 bits per heavy atom. The zero-order valence-corrected chi connectivity index (χ0v) is 10.4. The summed E-state index contributed by atoms with van der Waals surface area (Å²) in [5.74, 6) is -0.631. The van der Waals surface area contributed by atoms with Gasteiger partial charge in [-0.2, -0.15) is 0 Å². The molecule has 0 saturated carbocycles. The lowest BCUT2D eigenvalue weighted by atomic mass is 10.2. The lowest BCUT2D eigenvalue weighted by Crippen LogP contribution is -2.05. The highest BCUT2D eigenvalue weighted by molar-refractivity contribution is 5.86. The summed E-state index contributed by atoms with van der Waals surface area (Å²) < 4.78 is 23.2. The molecule has 0 unspecified atom stereocenters. The summed E-state index contributed by atoms with van der Waals surface area (Å²) in [6.45, 7) is 1.65. The first-order valence-corrected chi connectivity index (χ1v) is 5.44. The molecule has 0 spiro atoms. The van der Waals surface area contributed by atoms with Gasteiger partial charge >= 0.3 is 5.97 Å². The van der Waals surface area contributed by atoms with Gasteiger partial charge < -0.3 is 9.47 Å². The van der Waals surface area contributed by atoms with Crippen molar-refractivity contribution in [2.75, 3.05) is 7.11 Å². The van der Waals surface area contributed by atoms with Crippen molar-refractivity contribution in [2.24, 2.45) is 0 Å². The van der Waals surface area contributed by atoms with Crippen LogP contribution in [0, 0.1) is 12.7 Å². The first kappa shape index (κ1) is 12.9. The number of benzene rings is 1. The van der Waals surface area contributed by atoms with E-state index >= 15 is 0 Å². The second kappa shape index (κ2) is 5.43. The molecule has 0 aliphatic rings. The molecule has 0 saturated heterocycles. The molecule has 1 heterocycles. The highest BCUT2D eigenvalue weighted by Crippen LogP contribution is 2.21. The van der Waals surface area contributed by atoms with Crippen LogP contribution in [0.3, 0.4) is 0 Å². The molecular weight excluding hydrogens is 251 g/mol. The van der Waals surface area contributed by atoms with Crippen LogP contribution < -0.4 is 4.74 Å². The lowest BCUT2D eigenvalue weighted by Gasteiger charge is -2.06. The first-order chi connectivity index (χ1) is 9.10. The van der Waals surface area contributed by atoms with Gasteiger partial charge in [-0.05, 0) is 18.6 Å². The normalized spacial score (nSPS) is 10.1. The number of esters is 1. The Kier molecular flexibility index (Phi) is 3.70. The maximum absolute atomic E-state index is 13.4. The Morgan fingerprint density at radius 1 is 1.32 bits per heavy atom. The van der Waals surface area contributed by atoms with Gasteiger partial charge in [-0.3, -0.25) is 4.98 Å². The Labute approximate surface area is 109 Å². The van der Waals surface area contributed by atoms with Crippen LogP contribution in [0.25, 0.3) is 0 Å².